The lowest BCUT2D eigenvalue weighted by molar-refractivity contribution is -0.147. The molecule has 5 nitrogen and oxygen atoms in total. The van der Waals surface area contributed by atoms with E-state index in [1.807, 2.05) is 0 Å². The second-order valence-corrected chi connectivity index (χ2v) is 3.66. The van der Waals surface area contributed by atoms with E-state index in [-0.39, 0.29) is 12.8 Å². The highest BCUT2D eigenvalue weighted by Crippen LogP contribution is 1.93. The first kappa shape index (κ1) is 20.0. The summed E-state index contributed by atoms with van der Waals surface area (Å²) >= 11 is 0. The monoisotopic (exact) mass is 282 g/mol. The fraction of sp³-hybridized carbons (Fsp3) is 0.333. The summed E-state index contributed by atoms with van der Waals surface area (Å²) in [5, 5.41) is 0. The molecule has 0 unspecified atom stereocenters. The summed E-state index contributed by atoms with van der Waals surface area (Å²) in [5.41, 5.74) is 0.789. The minimum absolute atomic E-state index is 0.102. The smallest absolute Gasteiger partial charge is 0.335 e. The van der Waals surface area contributed by atoms with Gasteiger partial charge in [-0.2, -0.15) is 0 Å². The molecule has 0 bridgehead atoms. The largest absolute Gasteiger partial charge is 0.466 e. The maximum atomic E-state index is 10.7. The Morgan fingerprint density at radius 2 is 1.50 bits per heavy atom. The Labute approximate surface area is 120 Å². The molecule has 0 aromatic carbocycles. The van der Waals surface area contributed by atoms with Gasteiger partial charge >= 0.3 is 11.9 Å². The molecule has 0 heterocycles. The Balaban J connectivity index is 0. The molecule has 0 aliphatic heterocycles. The van der Waals surface area contributed by atoms with Gasteiger partial charge in [-0.25, -0.2) is 9.59 Å². The van der Waals surface area contributed by atoms with Crippen molar-refractivity contribution in [3.8, 4) is 0 Å². The molecule has 20 heavy (non-hydrogen) atoms. The van der Waals surface area contributed by atoms with Gasteiger partial charge in [-0.05, 0) is 20.3 Å². The van der Waals surface area contributed by atoms with Crippen LogP contribution < -0.4 is 0 Å². The molecule has 0 aromatic heterocycles. The number of esters is 2. The van der Waals surface area contributed by atoms with Crippen LogP contribution in [0.15, 0.2) is 49.8 Å². The minimum Gasteiger partial charge on any atom is -0.466 e. The topological polar surface area (TPSA) is 61.8 Å². The summed E-state index contributed by atoms with van der Waals surface area (Å²) in [6.07, 6.45) is 3.59. The number of carbonyl (C=O) groups is 2. The van der Waals surface area contributed by atoms with Crippen LogP contribution in [0.1, 0.15) is 20.3 Å². The SMILES string of the molecule is C=CCCOC(=O)C(=C)C.C=COCOC(=O)C(=C)C. The average molecular weight is 282 g/mol. The van der Waals surface area contributed by atoms with E-state index in [4.69, 9.17) is 4.74 Å². The quantitative estimate of drug-likeness (QED) is 0.171. The van der Waals surface area contributed by atoms with Crippen molar-refractivity contribution in [1.82, 2.24) is 0 Å². The summed E-state index contributed by atoms with van der Waals surface area (Å²) < 4.78 is 13.8. The highest BCUT2D eigenvalue weighted by atomic mass is 16.7. The number of carbonyl (C=O) groups excluding carboxylic acids is 2. The van der Waals surface area contributed by atoms with E-state index in [0.29, 0.717) is 24.2 Å². The zero-order valence-corrected chi connectivity index (χ0v) is 12.1. The van der Waals surface area contributed by atoms with Gasteiger partial charge in [0.2, 0.25) is 6.79 Å². The van der Waals surface area contributed by atoms with Gasteiger partial charge in [0.15, 0.2) is 0 Å². The van der Waals surface area contributed by atoms with E-state index in [2.05, 4.69) is 35.8 Å². The molecule has 0 amide bonds. The van der Waals surface area contributed by atoms with Gasteiger partial charge in [0.05, 0.1) is 12.9 Å². The van der Waals surface area contributed by atoms with Crippen LogP contribution in [-0.2, 0) is 23.8 Å². The minimum atomic E-state index is -0.457. The second kappa shape index (κ2) is 13.1. The van der Waals surface area contributed by atoms with E-state index < -0.39 is 5.97 Å². The Morgan fingerprint density at radius 1 is 1.00 bits per heavy atom. The molecular formula is C15H22O5. The van der Waals surface area contributed by atoms with Gasteiger partial charge in [-0.3, -0.25) is 0 Å². The summed E-state index contributed by atoms with van der Waals surface area (Å²) in [5.74, 6) is -0.788. The zero-order valence-electron chi connectivity index (χ0n) is 12.1. The van der Waals surface area contributed by atoms with Crippen LogP contribution in [0.2, 0.25) is 0 Å². The van der Waals surface area contributed by atoms with Gasteiger partial charge in [0.1, 0.15) is 0 Å². The lowest BCUT2D eigenvalue weighted by Gasteiger charge is -2.01. The van der Waals surface area contributed by atoms with Crippen LogP contribution in [0.25, 0.3) is 0 Å². The predicted octanol–water partition coefficient (Wildman–Crippen LogP) is 2.91. The van der Waals surface area contributed by atoms with Crippen molar-refractivity contribution in [2.75, 3.05) is 13.4 Å². The molecule has 0 rings (SSSR count). The number of ether oxygens (including phenoxy) is 3. The van der Waals surface area contributed by atoms with Gasteiger partial charge in [0.25, 0.3) is 0 Å². The summed E-state index contributed by atoms with van der Waals surface area (Å²) in [6, 6.07) is 0. The van der Waals surface area contributed by atoms with Crippen LogP contribution in [-0.4, -0.2) is 25.3 Å². The molecular weight excluding hydrogens is 260 g/mol. The van der Waals surface area contributed by atoms with Gasteiger partial charge in [-0.1, -0.05) is 25.8 Å². The molecule has 0 spiro atoms. The van der Waals surface area contributed by atoms with Crippen molar-refractivity contribution in [1.29, 1.82) is 0 Å². The van der Waals surface area contributed by atoms with E-state index in [1.54, 1.807) is 19.9 Å². The van der Waals surface area contributed by atoms with Crippen molar-refractivity contribution in [3.63, 3.8) is 0 Å². The molecule has 0 saturated carbocycles. The molecule has 0 N–H and O–H groups in total. The first-order valence-electron chi connectivity index (χ1n) is 5.85. The van der Waals surface area contributed by atoms with Crippen LogP contribution >= 0.6 is 0 Å². The molecule has 0 fully saturated rings. The second-order valence-electron chi connectivity index (χ2n) is 3.66. The lowest BCUT2D eigenvalue weighted by atomic mass is 10.4. The van der Waals surface area contributed by atoms with E-state index in [9.17, 15) is 9.59 Å². The van der Waals surface area contributed by atoms with Gasteiger partial charge in [-0.15, -0.1) is 6.58 Å². The molecule has 0 aromatic rings. The first-order chi connectivity index (χ1) is 9.36. The van der Waals surface area contributed by atoms with Crippen LogP contribution in [0.4, 0.5) is 0 Å². The molecule has 0 aliphatic rings. The maximum absolute atomic E-state index is 10.7. The molecule has 0 radical (unpaired) electrons. The third-order valence-electron chi connectivity index (χ3n) is 1.63. The van der Waals surface area contributed by atoms with Crippen molar-refractivity contribution in [3.05, 3.63) is 49.8 Å². The van der Waals surface area contributed by atoms with Crippen LogP contribution in [0.5, 0.6) is 0 Å². The van der Waals surface area contributed by atoms with Crippen molar-refractivity contribution >= 4 is 11.9 Å². The van der Waals surface area contributed by atoms with Crippen molar-refractivity contribution in [2.24, 2.45) is 0 Å². The highest BCUT2D eigenvalue weighted by Gasteiger charge is 2.00. The Kier molecular flexibility index (Phi) is 13.2. The highest BCUT2D eigenvalue weighted by molar-refractivity contribution is 5.87. The molecule has 112 valence electrons. The third-order valence-corrected chi connectivity index (χ3v) is 1.63. The maximum Gasteiger partial charge on any atom is 0.335 e. The lowest BCUT2D eigenvalue weighted by Crippen LogP contribution is -2.06. The molecule has 0 atom stereocenters. The Bertz CT molecular complexity index is 332. The normalized spacial score (nSPS) is 8.30. The average Bonchev–Trinajstić information content (AvgIpc) is 2.39. The standard InChI is InChI=1S/C8H12O2.C7H10O3/c1-4-5-6-10-8(9)7(2)3;1-4-9-5-10-7(8)6(2)3/h4H,1-2,5-6H2,3H3;4H,1-2,5H2,3H3. The Hall–Kier alpha value is -2.30. The van der Waals surface area contributed by atoms with E-state index in [0.717, 1.165) is 0 Å². The van der Waals surface area contributed by atoms with E-state index in [1.165, 1.54) is 6.26 Å². The fourth-order valence-corrected chi connectivity index (χ4v) is 0.617. The number of rotatable bonds is 8. The van der Waals surface area contributed by atoms with Crippen molar-refractivity contribution in [2.45, 2.75) is 20.3 Å². The van der Waals surface area contributed by atoms with Gasteiger partial charge < -0.3 is 14.2 Å². The summed E-state index contributed by atoms with van der Waals surface area (Å²) in [7, 11) is 0. The molecule has 5 heteroatoms. The van der Waals surface area contributed by atoms with Crippen LogP contribution in [0, 0.1) is 0 Å². The summed E-state index contributed by atoms with van der Waals surface area (Å²) in [6.45, 7) is 17.0. The predicted molar refractivity (Wildman–Crippen MR) is 77.6 cm³/mol. The van der Waals surface area contributed by atoms with Gasteiger partial charge in [0, 0.05) is 11.1 Å². The fourth-order valence-electron chi connectivity index (χ4n) is 0.617. The number of hydrogen-bond acceptors (Lipinski definition) is 5. The van der Waals surface area contributed by atoms with Crippen molar-refractivity contribution < 1.29 is 23.8 Å². The molecule has 0 saturated heterocycles. The number of hydrogen-bond donors (Lipinski definition) is 0. The molecule has 0 aliphatic carbocycles. The van der Waals surface area contributed by atoms with Crippen LogP contribution in [0.3, 0.4) is 0 Å². The first-order valence-corrected chi connectivity index (χ1v) is 5.85. The third kappa shape index (κ3) is 13.8. The summed E-state index contributed by atoms with van der Waals surface area (Å²) in [4.78, 5) is 21.2. The van der Waals surface area contributed by atoms with E-state index >= 15 is 0 Å². The Morgan fingerprint density at radius 3 is 1.90 bits per heavy atom. The zero-order chi connectivity index (χ0) is 16.0.